The summed E-state index contributed by atoms with van der Waals surface area (Å²) >= 11 is 0. The van der Waals surface area contributed by atoms with E-state index in [9.17, 15) is 0 Å². The third-order valence-electron chi connectivity index (χ3n) is 0.893. The van der Waals surface area contributed by atoms with Crippen molar-refractivity contribution >= 4 is 11.9 Å². The molecule has 0 heterocycles. The Morgan fingerprint density at radius 3 is 1.80 bits per heavy atom. The predicted molar refractivity (Wildman–Crippen MR) is 40.2 cm³/mol. The van der Waals surface area contributed by atoms with Crippen molar-refractivity contribution < 1.29 is 4.74 Å². The highest BCUT2D eigenvalue weighted by Crippen LogP contribution is 2.14. The molecule has 4 nitrogen and oxygen atoms in total. The van der Waals surface area contributed by atoms with Crippen LogP contribution in [0.1, 0.15) is 20.8 Å². The van der Waals surface area contributed by atoms with Gasteiger partial charge in [0.2, 0.25) is 0 Å². The Morgan fingerprint density at radius 1 is 1.30 bits per heavy atom. The van der Waals surface area contributed by atoms with Crippen LogP contribution in [0.4, 0.5) is 0 Å². The van der Waals surface area contributed by atoms with Crippen molar-refractivity contribution in [2.75, 3.05) is 0 Å². The summed E-state index contributed by atoms with van der Waals surface area (Å²) in [6, 6.07) is -0.431. The van der Waals surface area contributed by atoms with Crippen molar-refractivity contribution in [3.8, 4) is 0 Å². The Morgan fingerprint density at radius 2 is 1.70 bits per heavy atom. The molecule has 58 valence electrons. The van der Waals surface area contributed by atoms with Crippen molar-refractivity contribution in [2.45, 2.75) is 20.8 Å². The van der Waals surface area contributed by atoms with Gasteiger partial charge in [-0.1, -0.05) is 20.8 Å². The van der Waals surface area contributed by atoms with Crippen LogP contribution in [0.3, 0.4) is 0 Å². The molecule has 0 radical (unpaired) electrons. The van der Waals surface area contributed by atoms with E-state index in [2.05, 4.69) is 4.74 Å². The summed E-state index contributed by atoms with van der Waals surface area (Å²) in [6.45, 7) is 5.45. The van der Waals surface area contributed by atoms with Crippen LogP contribution in [0.5, 0.6) is 0 Å². The summed E-state index contributed by atoms with van der Waals surface area (Å²) < 4.78 is 4.56. The molecule has 4 N–H and O–H groups in total. The Balaban J connectivity index is 3.99. The summed E-state index contributed by atoms with van der Waals surface area (Å²) in [5.41, 5.74) is 4.54. The fourth-order valence-electron chi connectivity index (χ4n) is 0.263. The minimum atomic E-state index is -0.431. The Labute approximate surface area is 60.4 Å². The van der Waals surface area contributed by atoms with Crippen LogP contribution in [-0.4, -0.2) is 11.9 Å². The number of hydrogen-bond acceptors (Lipinski definition) is 3. The zero-order valence-corrected chi connectivity index (χ0v) is 6.49. The summed E-state index contributed by atoms with van der Waals surface area (Å²) in [5, 5.41) is 13.9. The summed E-state index contributed by atoms with van der Waals surface area (Å²) in [4.78, 5) is 0. The van der Waals surface area contributed by atoms with Crippen molar-refractivity contribution in [3.05, 3.63) is 0 Å². The topological polar surface area (TPSA) is 83.0 Å². The lowest BCUT2D eigenvalue weighted by Crippen LogP contribution is -2.28. The van der Waals surface area contributed by atoms with Crippen LogP contribution in [-0.2, 0) is 4.74 Å². The highest BCUT2D eigenvalue weighted by atomic mass is 16.5. The normalized spacial score (nSPS) is 10.7. The van der Waals surface area contributed by atoms with Crippen molar-refractivity contribution in [1.29, 1.82) is 10.8 Å². The molecule has 0 fully saturated rings. The molecule has 0 aliphatic carbocycles. The Hall–Kier alpha value is -1.06. The molecule has 0 aromatic heterocycles. The average molecular weight is 143 g/mol. The molecule has 0 aromatic carbocycles. The second-order valence-corrected chi connectivity index (χ2v) is 3.05. The van der Waals surface area contributed by atoms with Crippen molar-refractivity contribution in [3.63, 3.8) is 0 Å². The molecule has 0 aliphatic rings. The number of ether oxygens (including phenoxy) is 1. The first-order valence-electron chi connectivity index (χ1n) is 2.95. The van der Waals surface area contributed by atoms with Gasteiger partial charge in [0.05, 0.1) is 0 Å². The third kappa shape index (κ3) is 3.06. The van der Waals surface area contributed by atoms with Gasteiger partial charge in [-0.2, -0.15) is 0 Å². The monoisotopic (exact) mass is 143 g/mol. The van der Waals surface area contributed by atoms with E-state index in [1.807, 2.05) is 20.8 Å². The van der Waals surface area contributed by atoms with Gasteiger partial charge in [0, 0.05) is 5.41 Å². The van der Waals surface area contributed by atoms with Crippen molar-refractivity contribution in [2.24, 2.45) is 11.1 Å². The summed E-state index contributed by atoms with van der Waals surface area (Å²) in [5.74, 6) is 0.0139. The molecule has 10 heavy (non-hydrogen) atoms. The van der Waals surface area contributed by atoms with E-state index in [-0.39, 0.29) is 11.3 Å². The van der Waals surface area contributed by atoms with Crippen LogP contribution >= 0.6 is 0 Å². The van der Waals surface area contributed by atoms with Crippen LogP contribution in [0.2, 0.25) is 0 Å². The van der Waals surface area contributed by atoms with Crippen LogP contribution in [0.25, 0.3) is 0 Å². The molecule has 0 aromatic rings. The van der Waals surface area contributed by atoms with Crippen LogP contribution in [0.15, 0.2) is 0 Å². The average Bonchev–Trinajstić information content (AvgIpc) is 1.60. The zero-order chi connectivity index (χ0) is 8.36. The number of amidine groups is 1. The molecule has 0 atom stereocenters. The first-order chi connectivity index (χ1) is 4.34. The lowest BCUT2D eigenvalue weighted by Gasteiger charge is -2.17. The van der Waals surface area contributed by atoms with Gasteiger partial charge in [-0.15, -0.1) is 0 Å². The molecular formula is C6H13N3O. The van der Waals surface area contributed by atoms with Gasteiger partial charge in [-0.3, -0.25) is 10.8 Å². The van der Waals surface area contributed by atoms with Crippen LogP contribution in [0, 0.1) is 16.2 Å². The fourth-order valence-corrected chi connectivity index (χ4v) is 0.263. The lowest BCUT2D eigenvalue weighted by molar-refractivity contribution is 0.415. The SMILES string of the molecule is CC(C)(C)C(=N)OC(=N)N. The third-order valence-corrected chi connectivity index (χ3v) is 0.893. The second-order valence-electron chi connectivity index (χ2n) is 3.05. The molecule has 0 rings (SSSR count). The molecule has 0 unspecified atom stereocenters. The fraction of sp³-hybridized carbons (Fsp3) is 0.667. The van der Waals surface area contributed by atoms with E-state index in [4.69, 9.17) is 16.6 Å². The molecule has 0 amide bonds. The van der Waals surface area contributed by atoms with Gasteiger partial charge in [0.25, 0.3) is 6.02 Å². The highest BCUT2D eigenvalue weighted by Gasteiger charge is 2.19. The first-order valence-corrected chi connectivity index (χ1v) is 2.95. The number of rotatable bonds is 0. The van der Waals surface area contributed by atoms with E-state index >= 15 is 0 Å². The minimum absolute atomic E-state index is 0.0139. The standard InChI is InChI=1S/C6H13N3O/c1-6(2,3)4(7)10-5(8)9/h7H,1-3H3,(H3,8,9). The zero-order valence-electron chi connectivity index (χ0n) is 6.49. The van der Waals surface area contributed by atoms with Gasteiger partial charge in [0.1, 0.15) is 0 Å². The van der Waals surface area contributed by atoms with Crippen LogP contribution < -0.4 is 5.73 Å². The van der Waals surface area contributed by atoms with Gasteiger partial charge < -0.3 is 10.5 Å². The largest absolute Gasteiger partial charge is 0.412 e. The maximum atomic E-state index is 7.23. The Bertz CT molecular complexity index is 157. The van der Waals surface area contributed by atoms with E-state index in [1.54, 1.807) is 0 Å². The number of hydrogen-bond donors (Lipinski definition) is 3. The molecule has 0 bridgehead atoms. The maximum Gasteiger partial charge on any atom is 0.285 e. The van der Waals surface area contributed by atoms with E-state index in [0.29, 0.717) is 0 Å². The van der Waals surface area contributed by atoms with Gasteiger partial charge in [-0.05, 0) is 0 Å². The van der Waals surface area contributed by atoms with E-state index in [0.717, 1.165) is 0 Å². The maximum absolute atomic E-state index is 7.23. The van der Waals surface area contributed by atoms with Gasteiger partial charge in [-0.25, -0.2) is 0 Å². The second kappa shape index (κ2) is 2.68. The molecule has 0 saturated carbocycles. The quantitative estimate of drug-likeness (QED) is 0.348. The summed E-state index contributed by atoms with van der Waals surface area (Å²) in [7, 11) is 0. The molecule has 0 spiro atoms. The van der Waals surface area contributed by atoms with Crippen molar-refractivity contribution in [1.82, 2.24) is 0 Å². The summed E-state index contributed by atoms with van der Waals surface area (Å²) in [6.07, 6.45) is 0. The molecule has 4 heteroatoms. The number of nitrogens with two attached hydrogens (primary N) is 1. The van der Waals surface area contributed by atoms with E-state index in [1.165, 1.54) is 0 Å². The predicted octanol–water partition coefficient (Wildman–Crippen LogP) is 0.920. The highest BCUT2D eigenvalue weighted by molar-refractivity contribution is 5.89. The smallest absolute Gasteiger partial charge is 0.285 e. The molecule has 0 aliphatic heterocycles. The minimum Gasteiger partial charge on any atom is -0.412 e. The molecule has 0 saturated heterocycles. The van der Waals surface area contributed by atoms with Gasteiger partial charge >= 0.3 is 0 Å². The Kier molecular flexibility index (Phi) is 2.40. The van der Waals surface area contributed by atoms with Gasteiger partial charge in [0.15, 0.2) is 5.90 Å². The first kappa shape index (κ1) is 8.94. The molecular weight excluding hydrogens is 130 g/mol. The van der Waals surface area contributed by atoms with E-state index < -0.39 is 6.02 Å². The number of nitrogens with one attached hydrogen (secondary N) is 2. The lowest BCUT2D eigenvalue weighted by atomic mass is 9.97.